The van der Waals surface area contributed by atoms with Gasteiger partial charge in [0.05, 0.1) is 12.4 Å². The molecule has 0 aromatic heterocycles. The highest BCUT2D eigenvalue weighted by atomic mass is 16.2. The summed E-state index contributed by atoms with van der Waals surface area (Å²) in [5, 5.41) is 4.13. The summed E-state index contributed by atoms with van der Waals surface area (Å²) in [6.07, 6.45) is 0. The first-order valence-corrected chi connectivity index (χ1v) is 3.74. The molecular formula is C8H9N3O. The van der Waals surface area contributed by atoms with E-state index in [0.29, 0.717) is 6.67 Å². The van der Waals surface area contributed by atoms with Gasteiger partial charge < -0.3 is 5.32 Å². The summed E-state index contributed by atoms with van der Waals surface area (Å²) in [4.78, 5) is 11.1. The van der Waals surface area contributed by atoms with Gasteiger partial charge in [-0.25, -0.2) is 15.2 Å². The number of nitrogens with one attached hydrogen (secondary N) is 2. The van der Waals surface area contributed by atoms with Crippen LogP contribution in [-0.4, -0.2) is 12.7 Å². The van der Waals surface area contributed by atoms with Crippen molar-refractivity contribution in [2.24, 2.45) is 0 Å². The number of para-hydroxylation sites is 1. The third kappa shape index (κ3) is 1.12. The zero-order valence-corrected chi connectivity index (χ0v) is 6.45. The van der Waals surface area contributed by atoms with Gasteiger partial charge in [0.25, 0.3) is 0 Å². The third-order valence-corrected chi connectivity index (χ3v) is 1.69. The van der Waals surface area contributed by atoms with E-state index in [4.69, 9.17) is 0 Å². The number of carbonyl (C=O) groups is 1. The molecule has 12 heavy (non-hydrogen) atoms. The Labute approximate surface area is 70.1 Å². The van der Waals surface area contributed by atoms with Crippen LogP contribution in [0.4, 0.5) is 10.5 Å². The van der Waals surface area contributed by atoms with Gasteiger partial charge >= 0.3 is 6.03 Å². The molecule has 0 saturated carbocycles. The lowest BCUT2D eigenvalue weighted by Gasteiger charge is -2.12. The number of hydrazine groups is 1. The van der Waals surface area contributed by atoms with Gasteiger partial charge in [0, 0.05) is 0 Å². The first-order valence-electron chi connectivity index (χ1n) is 3.74. The molecule has 0 unspecified atom stereocenters. The minimum atomic E-state index is -0.110. The number of amides is 2. The molecule has 2 N–H and O–H groups in total. The van der Waals surface area contributed by atoms with Crippen LogP contribution in [0.2, 0.25) is 0 Å². The van der Waals surface area contributed by atoms with Crippen LogP contribution < -0.4 is 15.8 Å². The zero-order chi connectivity index (χ0) is 8.39. The van der Waals surface area contributed by atoms with Crippen molar-refractivity contribution in [3.8, 4) is 0 Å². The molecule has 1 aromatic rings. The maximum Gasteiger partial charge on any atom is 0.337 e. The summed E-state index contributed by atoms with van der Waals surface area (Å²) in [6.45, 7) is 0.494. The molecule has 1 aromatic carbocycles. The molecule has 4 heteroatoms. The first kappa shape index (κ1) is 7.12. The molecule has 0 spiro atoms. The van der Waals surface area contributed by atoms with Crippen molar-refractivity contribution in [1.29, 1.82) is 0 Å². The lowest BCUT2D eigenvalue weighted by molar-refractivity contribution is 0.251. The number of nitrogens with zero attached hydrogens (tertiary/aromatic N) is 1. The Hall–Kier alpha value is -1.55. The fourth-order valence-corrected chi connectivity index (χ4v) is 1.13. The van der Waals surface area contributed by atoms with Gasteiger partial charge in [-0.15, -0.1) is 0 Å². The van der Waals surface area contributed by atoms with Crippen molar-refractivity contribution in [1.82, 2.24) is 10.7 Å². The average molecular weight is 163 g/mol. The maximum absolute atomic E-state index is 11.1. The van der Waals surface area contributed by atoms with Crippen LogP contribution in [0.5, 0.6) is 0 Å². The predicted molar refractivity (Wildman–Crippen MR) is 45.5 cm³/mol. The number of anilines is 1. The molecule has 1 saturated heterocycles. The van der Waals surface area contributed by atoms with E-state index in [9.17, 15) is 4.79 Å². The molecule has 1 fully saturated rings. The first-order chi connectivity index (χ1) is 5.88. The summed E-state index contributed by atoms with van der Waals surface area (Å²) in [6, 6.07) is 9.33. The lowest BCUT2D eigenvalue weighted by atomic mass is 10.3. The van der Waals surface area contributed by atoms with Crippen LogP contribution in [0, 0.1) is 0 Å². The largest absolute Gasteiger partial charge is 0.337 e. The van der Waals surface area contributed by atoms with Gasteiger partial charge in [0.2, 0.25) is 0 Å². The highest BCUT2D eigenvalue weighted by Gasteiger charge is 2.19. The van der Waals surface area contributed by atoms with Crippen LogP contribution in [0.25, 0.3) is 0 Å². The topological polar surface area (TPSA) is 44.4 Å². The second-order valence-electron chi connectivity index (χ2n) is 2.49. The van der Waals surface area contributed by atoms with Gasteiger partial charge in [-0.2, -0.15) is 0 Å². The van der Waals surface area contributed by atoms with E-state index in [1.54, 1.807) is 0 Å². The van der Waals surface area contributed by atoms with Crippen LogP contribution in [-0.2, 0) is 0 Å². The molecule has 0 radical (unpaired) electrons. The molecule has 2 rings (SSSR count). The van der Waals surface area contributed by atoms with Crippen LogP contribution >= 0.6 is 0 Å². The maximum atomic E-state index is 11.1. The summed E-state index contributed by atoms with van der Waals surface area (Å²) in [5.41, 5.74) is 3.75. The Kier molecular flexibility index (Phi) is 1.68. The van der Waals surface area contributed by atoms with E-state index in [0.717, 1.165) is 5.69 Å². The molecule has 1 aliphatic heterocycles. The standard InChI is InChI=1S/C8H9N3O/c12-8-9-6-10-11(8)7-4-2-1-3-5-7/h1-5,10H,6H2,(H,9,12). The van der Waals surface area contributed by atoms with Crippen molar-refractivity contribution >= 4 is 11.7 Å². The minimum absolute atomic E-state index is 0.110. The molecule has 1 aliphatic rings. The fourth-order valence-electron chi connectivity index (χ4n) is 1.13. The van der Waals surface area contributed by atoms with E-state index >= 15 is 0 Å². The van der Waals surface area contributed by atoms with Gasteiger partial charge in [0.15, 0.2) is 0 Å². The van der Waals surface area contributed by atoms with Gasteiger partial charge in [-0.3, -0.25) is 0 Å². The van der Waals surface area contributed by atoms with Crippen molar-refractivity contribution in [3.63, 3.8) is 0 Å². The number of hydrogen-bond donors (Lipinski definition) is 2. The van der Waals surface area contributed by atoms with Gasteiger partial charge in [0.1, 0.15) is 0 Å². The normalized spacial score (nSPS) is 16.3. The Morgan fingerprint density at radius 1 is 1.25 bits per heavy atom. The average Bonchev–Trinajstić information content (AvgIpc) is 2.53. The number of carbonyl (C=O) groups excluding carboxylic acids is 1. The number of urea groups is 1. The highest BCUT2D eigenvalue weighted by Crippen LogP contribution is 2.11. The number of benzene rings is 1. The minimum Gasteiger partial charge on any atom is -0.322 e. The van der Waals surface area contributed by atoms with Crippen LogP contribution in [0.1, 0.15) is 0 Å². The van der Waals surface area contributed by atoms with Crippen molar-refractivity contribution in [2.45, 2.75) is 0 Å². The molecule has 1 heterocycles. The van der Waals surface area contributed by atoms with Gasteiger partial charge in [-0.05, 0) is 12.1 Å². The molecular weight excluding hydrogens is 154 g/mol. The molecule has 0 atom stereocenters. The van der Waals surface area contributed by atoms with Crippen LogP contribution in [0.3, 0.4) is 0 Å². The molecule has 0 aliphatic carbocycles. The lowest BCUT2D eigenvalue weighted by Crippen LogP contribution is -2.34. The fraction of sp³-hybridized carbons (Fsp3) is 0.125. The van der Waals surface area contributed by atoms with Crippen LogP contribution in [0.15, 0.2) is 30.3 Å². The quantitative estimate of drug-likeness (QED) is 0.639. The summed E-state index contributed by atoms with van der Waals surface area (Å²) in [7, 11) is 0. The second-order valence-corrected chi connectivity index (χ2v) is 2.49. The van der Waals surface area contributed by atoms with E-state index in [-0.39, 0.29) is 6.03 Å². The van der Waals surface area contributed by atoms with Crippen molar-refractivity contribution in [2.75, 3.05) is 11.7 Å². The Morgan fingerprint density at radius 2 is 2.00 bits per heavy atom. The summed E-state index contributed by atoms with van der Waals surface area (Å²) in [5.74, 6) is 0. The van der Waals surface area contributed by atoms with Gasteiger partial charge in [-0.1, -0.05) is 18.2 Å². The van der Waals surface area contributed by atoms with E-state index < -0.39 is 0 Å². The van der Waals surface area contributed by atoms with Crippen molar-refractivity contribution < 1.29 is 4.79 Å². The Bertz CT molecular complexity index is 286. The van der Waals surface area contributed by atoms with E-state index in [1.165, 1.54) is 5.01 Å². The second kappa shape index (κ2) is 2.83. The molecule has 2 amide bonds. The molecule has 0 bridgehead atoms. The zero-order valence-electron chi connectivity index (χ0n) is 6.45. The van der Waals surface area contributed by atoms with Crippen molar-refractivity contribution in [3.05, 3.63) is 30.3 Å². The molecule has 4 nitrogen and oxygen atoms in total. The summed E-state index contributed by atoms with van der Waals surface area (Å²) < 4.78 is 0. The number of hydrogen-bond acceptors (Lipinski definition) is 2. The predicted octanol–water partition coefficient (Wildman–Crippen LogP) is 0.678. The Balaban J connectivity index is 2.25. The highest BCUT2D eigenvalue weighted by molar-refractivity contribution is 5.92. The van der Waals surface area contributed by atoms with E-state index in [1.807, 2.05) is 30.3 Å². The smallest absolute Gasteiger partial charge is 0.322 e. The Morgan fingerprint density at radius 3 is 2.58 bits per heavy atom. The third-order valence-electron chi connectivity index (χ3n) is 1.69. The summed E-state index contributed by atoms with van der Waals surface area (Å²) >= 11 is 0. The van der Waals surface area contributed by atoms with E-state index in [2.05, 4.69) is 10.7 Å². The SMILES string of the molecule is O=C1NCNN1c1ccccc1. The monoisotopic (exact) mass is 163 g/mol. The number of rotatable bonds is 1. The molecule has 62 valence electrons.